The summed E-state index contributed by atoms with van der Waals surface area (Å²) >= 11 is 0. The first kappa shape index (κ1) is 15.2. The second-order valence-corrected chi connectivity index (χ2v) is 5.79. The van der Waals surface area contributed by atoms with Crippen molar-refractivity contribution in [2.75, 3.05) is 25.1 Å². The van der Waals surface area contributed by atoms with E-state index in [0.717, 1.165) is 36.6 Å². The van der Waals surface area contributed by atoms with Gasteiger partial charge in [-0.2, -0.15) is 10.2 Å². The normalized spacial score (nSPS) is 20.8. The predicted molar refractivity (Wildman–Crippen MR) is 86.3 cm³/mol. The second kappa shape index (κ2) is 6.21. The number of aromatic nitrogens is 3. The maximum atomic E-state index is 9.84. The lowest BCUT2D eigenvalue weighted by molar-refractivity contribution is 0.375. The zero-order valence-electron chi connectivity index (χ0n) is 13.4. The summed E-state index contributed by atoms with van der Waals surface area (Å²) in [6.45, 7) is 3.34. The van der Waals surface area contributed by atoms with Crippen LogP contribution < -0.4 is 9.64 Å². The second-order valence-electron chi connectivity index (χ2n) is 5.79. The zero-order chi connectivity index (χ0) is 16.3. The standard InChI is InChI=1S/C17H19N5O/c1-13-10-15(21-16(20-13)23-2)22-9-5-7-17(11-18,12-22)14-6-3-4-8-19-14/h3-4,6,8,10H,5,7,9,12H2,1-2H3. The molecule has 6 nitrogen and oxygen atoms in total. The van der Waals surface area contributed by atoms with Crippen molar-refractivity contribution in [3.05, 3.63) is 41.9 Å². The van der Waals surface area contributed by atoms with E-state index in [9.17, 15) is 5.26 Å². The average Bonchev–Trinajstić information content (AvgIpc) is 2.62. The van der Waals surface area contributed by atoms with Gasteiger partial charge < -0.3 is 9.64 Å². The third-order valence-electron chi connectivity index (χ3n) is 4.19. The number of anilines is 1. The Morgan fingerprint density at radius 2 is 2.22 bits per heavy atom. The van der Waals surface area contributed by atoms with Gasteiger partial charge in [0.15, 0.2) is 0 Å². The molecular weight excluding hydrogens is 290 g/mol. The quantitative estimate of drug-likeness (QED) is 0.865. The first-order valence-electron chi connectivity index (χ1n) is 7.64. The van der Waals surface area contributed by atoms with Gasteiger partial charge in [0.2, 0.25) is 0 Å². The van der Waals surface area contributed by atoms with E-state index in [4.69, 9.17) is 4.74 Å². The molecule has 1 aliphatic heterocycles. The molecule has 1 aliphatic rings. The largest absolute Gasteiger partial charge is 0.467 e. The molecule has 0 radical (unpaired) electrons. The van der Waals surface area contributed by atoms with E-state index in [1.807, 2.05) is 31.2 Å². The maximum absolute atomic E-state index is 9.84. The Kier molecular flexibility index (Phi) is 4.11. The van der Waals surface area contributed by atoms with E-state index in [1.165, 1.54) is 0 Å². The number of nitrogens with zero attached hydrogens (tertiary/aromatic N) is 5. The highest BCUT2D eigenvalue weighted by Crippen LogP contribution is 2.34. The van der Waals surface area contributed by atoms with E-state index in [2.05, 4.69) is 25.9 Å². The van der Waals surface area contributed by atoms with E-state index in [0.29, 0.717) is 12.6 Å². The highest BCUT2D eigenvalue weighted by molar-refractivity contribution is 5.45. The summed E-state index contributed by atoms with van der Waals surface area (Å²) in [4.78, 5) is 15.2. The average molecular weight is 309 g/mol. The van der Waals surface area contributed by atoms with Crippen molar-refractivity contribution in [2.45, 2.75) is 25.2 Å². The van der Waals surface area contributed by atoms with Gasteiger partial charge in [-0.3, -0.25) is 4.98 Å². The Bertz CT molecular complexity index is 728. The fraction of sp³-hybridized carbons (Fsp3) is 0.412. The molecule has 2 aromatic heterocycles. The lowest BCUT2D eigenvalue weighted by atomic mass is 9.78. The Labute approximate surface area is 135 Å². The molecule has 0 bridgehead atoms. The highest BCUT2D eigenvalue weighted by atomic mass is 16.5. The van der Waals surface area contributed by atoms with E-state index in [1.54, 1.807) is 13.3 Å². The Morgan fingerprint density at radius 3 is 2.91 bits per heavy atom. The van der Waals surface area contributed by atoms with Crippen LogP contribution in [0.1, 0.15) is 24.2 Å². The van der Waals surface area contributed by atoms with Gasteiger partial charge >= 0.3 is 6.01 Å². The molecule has 3 rings (SSSR count). The smallest absolute Gasteiger partial charge is 0.318 e. The van der Waals surface area contributed by atoms with Gasteiger partial charge in [-0.25, -0.2) is 4.98 Å². The van der Waals surface area contributed by atoms with E-state index >= 15 is 0 Å². The monoisotopic (exact) mass is 309 g/mol. The SMILES string of the molecule is COc1nc(C)cc(N2CCCC(C#N)(c3ccccn3)C2)n1. The Balaban J connectivity index is 1.94. The molecular formula is C17H19N5O. The number of nitriles is 1. The molecule has 2 aromatic rings. The predicted octanol–water partition coefficient (Wildman–Crippen LogP) is 2.25. The van der Waals surface area contributed by atoms with Crippen molar-refractivity contribution in [1.82, 2.24) is 15.0 Å². The summed E-state index contributed by atoms with van der Waals surface area (Å²) in [7, 11) is 1.56. The number of rotatable bonds is 3. The molecule has 3 heterocycles. The molecule has 23 heavy (non-hydrogen) atoms. The van der Waals surface area contributed by atoms with Crippen LogP contribution in [0.3, 0.4) is 0 Å². The zero-order valence-corrected chi connectivity index (χ0v) is 13.4. The van der Waals surface area contributed by atoms with Gasteiger partial charge in [-0.15, -0.1) is 0 Å². The molecule has 1 saturated heterocycles. The summed E-state index contributed by atoms with van der Waals surface area (Å²) in [5.74, 6) is 0.796. The fourth-order valence-electron chi connectivity index (χ4n) is 3.03. The van der Waals surface area contributed by atoms with Crippen LogP contribution in [0.2, 0.25) is 0 Å². The number of aryl methyl sites for hydroxylation is 1. The van der Waals surface area contributed by atoms with Crippen molar-refractivity contribution in [1.29, 1.82) is 5.26 Å². The van der Waals surface area contributed by atoms with Crippen LogP contribution in [-0.2, 0) is 5.41 Å². The molecule has 0 N–H and O–H groups in total. The lowest BCUT2D eigenvalue weighted by Gasteiger charge is -2.38. The third kappa shape index (κ3) is 2.95. The minimum Gasteiger partial charge on any atom is -0.467 e. The van der Waals surface area contributed by atoms with Crippen molar-refractivity contribution in [3.8, 4) is 12.1 Å². The van der Waals surface area contributed by atoms with Crippen LogP contribution in [0.5, 0.6) is 6.01 Å². The molecule has 0 amide bonds. The maximum Gasteiger partial charge on any atom is 0.318 e. The number of hydrogen-bond acceptors (Lipinski definition) is 6. The summed E-state index contributed by atoms with van der Waals surface area (Å²) in [5, 5.41) is 9.84. The minimum absolute atomic E-state index is 0.353. The molecule has 118 valence electrons. The number of hydrogen-bond donors (Lipinski definition) is 0. The summed E-state index contributed by atoms with van der Waals surface area (Å²) < 4.78 is 5.16. The molecule has 0 spiro atoms. The molecule has 0 aliphatic carbocycles. The van der Waals surface area contributed by atoms with Gasteiger partial charge in [0.1, 0.15) is 11.2 Å². The number of methoxy groups -OCH3 is 1. The Morgan fingerprint density at radius 1 is 1.35 bits per heavy atom. The molecule has 1 fully saturated rings. The van der Waals surface area contributed by atoms with E-state index < -0.39 is 5.41 Å². The van der Waals surface area contributed by atoms with Crippen LogP contribution >= 0.6 is 0 Å². The van der Waals surface area contributed by atoms with Crippen molar-refractivity contribution >= 4 is 5.82 Å². The molecule has 1 unspecified atom stereocenters. The van der Waals surface area contributed by atoms with E-state index in [-0.39, 0.29) is 0 Å². The summed E-state index contributed by atoms with van der Waals surface area (Å²) in [6.07, 6.45) is 3.46. The van der Waals surface area contributed by atoms with Crippen molar-refractivity contribution < 1.29 is 4.74 Å². The molecule has 0 saturated carbocycles. The number of piperidine rings is 1. The lowest BCUT2D eigenvalue weighted by Crippen LogP contribution is -2.46. The number of pyridine rings is 1. The summed E-state index contributed by atoms with van der Waals surface area (Å²) in [5.41, 5.74) is 1.06. The van der Waals surface area contributed by atoms with Gasteiger partial charge in [0.25, 0.3) is 0 Å². The van der Waals surface area contributed by atoms with Crippen LogP contribution in [0.4, 0.5) is 5.82 Å². The fourth-order valence-corrected chi connectivity index (χ4v) is 3.03. The third-order valence-corrected chi connectivity index (χ3v) is 4.19. The highest BCUT2D eigenvalue weighted by Gasteiger charge is 2.39. The van der Waals surface area contributed by atoms with Gasteiger partial charge in [0, 0.05) is 31.0 Å². The van der Waals surface area contributed by atoms with Crippen LogP contribution in [0.15, 0.2) is 30.5 Å². The van der Waals surface area contributed by atoms with Gasteiger partial charge in [-0.05, 0) is 31.9 Å². The van der Waals surface area contributed by atoms with Crippen molar-refractivity contribution in [2.24, 2.45) is 0 Å². The summed E-state index contributed by atoms with van der Waals surface area (Å²) in [6, 6.07) is 10.5. The van der Waals surface area contributed by atoms with Crippen LogP contribution in [-0.4, -0.2) is 35.2 Å². The Hall–Kier alpha value is -2.68. The van der Waals surface area contributed by atoms with Gasteiger partial charge in [0.05, 0.1) is 18.9 Å². The molecule has 1 atom stereocenters. The van der Waals surface area contributed by atoms with Gasteiger partial charge in [-0.1, -0.05) is 6.07 Å². The molecule has 0 aromatic carbocycles. The van der Waals surface area contributed by atoms with Crippen molar-refractivity contribution in [3.63, 3.8) is 0 Å². The van der Waals surface area contributed by atoms with Crippen LogP contribution in [0, 0.1) is 18.3 Å². The number of ether oxygens (including phenoxy) is 1. The first-order chi connectivity index (χ1) is 11.2. The minimum atomic E-state index is -0.606. The first-order valence-corrected chi connectivity index (χ1v) is 7.64. The van der Waals surface area contributed by atoms with Crippen LogP contribution in [0.25, 0.3) is 0 Å². The topological polar surface area (TPSA) is 74.9 Å². The molecule has 6 heteroatoms.